The van der Waals surface area contributed by atoms with Gasteiger partial charge in [0, 0.05) is 21.5 Å². The van der Waals surface area contributed by atoms with Gasteiger partial charge >= 0.3 is 11.8 Å². The first-order valence-electron chi connectivity index (χ1n) is 9.02. The second-order valence-electron chi connectivity index (χ2n) is 6.13. The summed E-state index contributed by atoms with van der Waals surface area (Å²) in [7, 11) is 1.60. The highest BCUT2D eigenvalue weighted by atomic mass is 79.9. The molecular weight excluding hydrogens is 507 g/mol. The first kappa shape index (κ1) is 23.3. The normalized spacial score (nSPS) is 13.2. The van der Waals surface area contributed by atoms with E-state index in [9.17, 15) is 14.0 Å². The SMILES string of the molecule is COc1ccc(/C=N/NC(=O)C(=O)Nc2ccc(Br)cc2F)cc1CSC1=NCCS1. The number of carbonyl (C=O) groups excluding carboxylic acids is 2. The maximum Gasteiger partial charge on any atom is 0.329 e. The number of nitrogens with zero attached hydrogens (tertiary/aromatic N) is 2. The summed E-state index contributed by atoms with van der Waals surface area (Å²) in [5.74, 6) is -0.269. The average molecular weight is 525 g/mol. The van der Waals surface area contributed by atoms with E-state index in [0.717, 1.165) is 33.5 Å². The molecule has 2 N–H and O–H groups in total. The molecular formula is C20H18BrFN4O3S2. The number of nitrogens with one attached hydrogen (secondary N) is 2. The van der Waals surface area contributed by atoms with Crippen LogP contribution in [0.3, 0.4) is 0 Å². The van der Waals surface area contributed by atoms with Crippen LogP contribution in [0.5, 0.6) is 5.75 Å². The first-order valence-corrected chi connectivity index (χ1v) is 11.8. The van der Waals surface area contributed by atoms with Crippen molar-refractivity contribution in [1.29, 1.82) is 0 Å². The van der Waals surface area contributed by atoms with Gasteiger partial charge < -0.3 is 10.1 Å². The fraction of sp³-hybridized carbons (Fsp3) is 0.200. The summed E-state index contributed by atoms with van der Waals surface area (Å²) in [4.78, 5) is 28.3. The lowest BCUT2D eigenvalue weighted by molar-refractivity contribution is -0.136. The molecule has 0 bridgehead atoms. The van der Waals surface area contributed by atoms with Crippen molar-refractivity contribution in [2.75, 3.05) is 24.7 Å². The summed E-state index contributed by atoms with van der Waals surface area (Å²) in [5, 5.41) is 6.01. The monoisotopic (exact) mass is 524 g/mol. The van der Waals surface area contributed by atoms with Crippen LogP contribution in [0.4, 0.5) is 10.1 Å². The van der Waals surface area contributed by atoms with E-state index in [-0.39, 0.29) is 5.69 Å². The molecule has 0 saturated carbocycles. The lowest BCUT2D eigenvalue weighted by Gasteiger charge is -2.09. The van der Waals surface area contributed by atoms with Gasteiger partial charge in [-0.2, -0.15) is 5.10 Å². The highest BCUT2D eigenvalue weighted by Crippen LogP contribution is 2.29. The van der Waals surface area contributed by atoms with Gasteiger partial charge in [0.05, 0.1) is 25.6 Å². The van der Waals surface area contributed by atoms with Crippen molar-refractivity contribution in [3.63, 3.8) is 0 Å². The zero-order chi connectivity index (χ0) is 22.2. The molecule has 11 heteroatoms. The van der Waals surface area contributed by atoms with Gasteiger partial charge in [0.25, 0.3) is 0 Å². The van der Waals surface area contributed by atoms with E-state index in [1.807, 2.05) is 12.1 Å². The molecule has 2 aromatic carbocycles. The van der Waals surface area contributed by atoms with Crippen molar-refractivity contribution in [1.82, 2.24) is 5.43 Å². The highest BCUT2D eigenvalue weighted by molar-refractivity contribution is 9.10. The van der Waals surface area contributed by atoms with E-state index in [2.05, 4.69) is 36.8 Å². The molecule has 1 aliphatic heterocycles. The molecule has 162 valence electrons. The quantitative estimate of drug-likeness (QED) is 0.338. The van der Waals surface area contributed by atoms with E-state index in [4.69, 9.17) is 4.74 Å². The predicted molar refractivity (Wildman–Crippen MR) is 128 cm³/mol. The number of methoxy groups -OCH3 is 1. The summed E-state index contributed by atoms with van der Waals surface area (Å²) in [6.45, 7) is 0.846. The second-order valence-corrected chi connectivity index (χ2v) is 9.36. The number of rotatable bonds is 6. The van der Waals surface area contributed by atoms with Crippen LogP contribution in [0.25, 0.3) is 0 Å². The van der Waals surface area contributed by atoms with Crippen molar-refractivity contribution in [2.45, 2.75) is 5.75 Å². The van der Waals surface area contributed by atoms with Gasteiger partial charge in [0.2, 0.25) is 0 Å². The number of hydrazone groups is 1. The zero-order valence-electron chi connectivity index (χ0n) is 16.4. The van der Waals surface area contributed by atoms with Crippen molar-refractivity contribution in [3.8, 4) is 5.75 Å². The lowest BCUT2D eigenvalue weighted by atomic mass is 10.1. The largest absolute Gasteiger partial charge is 0.496 e. The van der Waals surface area contributed by atoms with Crippen molar-refractivity contribution >= 4 is 67.5 Å². The Morgan fingerprint density at radius 2 is 2.16 bits per heavy atom. The summed E-state index contributed by atoms with van der Waals surface area (Å²) in [6.07, 6.45) is 1.42. The summed E-state index contributed by atoms with van der Waals surface area (Å²) in [5.41, 5.74) is 3.71. The Balaban J connectivity index is 1.58. The number of amides is 2. The number of aliphatic imine (C=N–C) groups is 1. The van der Waals surface area contributed by atoms with Gasteiger partial charge in [-0.15, -0.1) is 0 Å². The molecule has 0 unspecified atom stereocenters. The minimum Gasteiger partial charge on any atom is -0.496 e. The molecule has 2 amide bonds. The van der Waals surface area contributed by atoms with E-state index < -0.39 is 17.6 Å². The van der Waals surface area contributed by atoms with Crippen LogP contribution in [-0.2, 0) is 15.3 Å². The minimum atomic E-state index is -1.03. The Labute approximate surface area is 195 Å². The fourth-order valence-corrected chi connectivity index (χ4v) is 4.84. The molecule has 1 aliphatic rings. The average Bonchev–Trinajstić information content (AvgIpc) is 3.28. The number of carbonyl (C=O) groups is 2. The van der Waals surface area contributed by atoms with Gasteiger partial charge in [-0.25, -0.2) is 9.82 Å². The molecule has 0 aliphatic carbocycles. The molecule has 0 aromatic heterocycles. The van der Waals surface area contributed by atoms with Crippen LogP contribution in [0.2, 0.25) is 0 Å². The second kappa shape index (κ2) is 11.3. The third kappa shape index (κ3) is 6.81. The van der Waals surface area contributed by atoms with Crippen LogP contribution in [0.15, 0.2) is 51.0 Å². The minimum absolute atomic E-state index is 0.102. The third-order valence-electron chi connectivity index (χ3n) is 3.98. The molecule has 2 aromatic rings. The molecule has 0 atom stereocenters. The molecule has 31 heavy (non-hydrogen) atoms. The predicted octanol–water partition coefficient (Wildman–Crippen LogP) is 4.02. The fourth-order valence-electron chi connectivity index (χ4n) is 2.52. The molecule has 0 saturated heterocycles. The summed E-state index contributed by atoms with van der Waals surface area (Å²) < 4.78 is 20.8. The van der Waals surface area contributed by atoms with Crippen molar-refractivity contribution in [3.05, 3.63) is 57.8 Å². The Morgan fingerprint density at radius 3 is 2.87 bits per heavy atom. The van der Waals surface area contributed by atoms with Crippen LogP contribution in [0, 0.1) is 5.82 Å². The maximum atomic E-state index is 13.8. The van der Waals surface area contributed by atoms with Crippen molar-refractivity contribution < 1.29 is 18.7 Å². The highest BCUT2D eigenvalue weighted by Gasteiger charge is 2.15. The van der Waals surface area contributed by atoms with Crippen molar-refractivity contribution in [2.24, 2.45) is 10.1 Å². The van der Waals surface area contributed by atoms with Gasteiger partial charge in [-0.05, 0) is 42.0 Å². The third-order valence-corrected chi connectivity index (χ3v) is 6.77. The molecule has 7 nitrogen and oxygen atoms in total. The Hall–Kier alpha value is -2.37. The first-order chi connectivity index (χ1) is 15.0. The van der Waals surface area contributed by atoms with Gasteiger partial charge in [-0.3, -0.25) is 14.6 Å². The van der Waals surface area contributed by atoms with E-state index in [1.165, 1.54) is 18.3 Å². The molecule has 0 radical (unpaired) electrons. The topological polar surface area (TPSA) is 92.1 Å². The molecule has 3 rings (SSSR count). The smallest absolute Gasteiger partial charge is 0.329 e. The van der Waals surface area contributed by atoms with Crippen LogP contribution in [-0.4, -0.2) is 41.8 Å². The Morgan fingerprint density at radius 1 is 1.32 bits per heavy atom. The van der Waals surface area contributed by atoms with E-state index in [1.54, 1.807) is 42.8 Å². The van der Waals surface area contributed by atoms with Gasteiger partial charge in [0.15, 0.2) is 0 Å². The van der Waals surface area contributed by atoms with E-state index >= 15 is 0 Å². The standard InChI is InChI=1S/C20H18BrFN4O3S2/c1-29-17-5-2-12(8-13(17)11-31-20-23-6-7-30-20)10-24-26-19(28)18(27)25-16-4-3-14(21)9-15(16)22/h2-5,8-10H,6-7,11H2,1H3,(H,25,27)(H,26,28)/b24-10+. The summed E-state index contributed by atoms with van der Waals surface area (Å²) in [6, 6.07) is 9.56. The Kier molecular flexibility index (Phi) is 8.50. The number of hydrogen-bond acceptors (Lipinski definition) is 7. The molecule has 0 spiro atoms. The van der Waals surface area contributed by atoms with Crippen LogP contribution in [0.1, 0.15) is 11.1 Å². The number of halogens is 2. The van der Waals surface area contributed by atoms with Gasteiger partial charge in [-0.1, -0.05) is 39.5 Å². The van der Waals surface area contributed by atoms with Crippen LogP contribution < -0.4 is 15.5 Å². The number of ether oxygens (including phenoxy) is 1. The molecule has 1 heterocycles. The number of benzene rings is 2. The zero-order valence-corrected chi connectivity index (χ0v) is 19.6. The molecule has 0 fully saturated rings. The van der Waals surface area contributed by atoms with Crippen LogP contribution >= 0.6 is 39.5 Å². The Bertz CT molecular complexity index is 1050. The van der Waals surface area contributed by atoms with Gasteiger partial charge in [0.1, 0.15) is 15.9 Å². The number of hydrogen-bond donors (Lipinski definition) is 2. The lowest BCUT2D eigenvalue weighted by Crippen LogP contribution is -2.32. The maximum absolute atomic E-state index is 13.8. The number of thioether (sulfide) groups is 2. The summed E-state index contributed by atoms with van der Waals surface area (Å²) >= 11 is 6.50. The van der Waals surface area contributed by atoms with E-state index in [0.29, 0.717) is 10.2 Å². The number of anilines is 1.